The van der Waals surface area contributed by atoms with Crippen molar-refractivity contribution in [2.24, 2.45) is 5.92 Å². The Kier molecular flexibility index (Phi) is 9.71. The smallest absolute Gasteiger partial charge is 0.309 e. The Bertz CT molecular complexity index is 1220. The van der Waals surface area contributed by atoms with Crippen LogP contribution in [0.1, 0.15) is 43.4 Å². The van der Waals surface area contributed by atoms with Crippen LogP contribution in [0.2, 0.25) is 0 Å². The molecule has 1 saturated heterocycles. The van der Waals surface area contributed by atoms with Gasteiger partial charge in [0.2, 0.25) is 16.8 Å². The van der Waals surface area contributed by atoms with E-state index < -0.39 is 28.0 Å². The SMILES string of the molecule is CCCN(CCN1CC(c2ccc3c(c2)OCO3)[C@H](C(=O)O)[C@H]1c1ccc(OC)cc1)S(=O)(=O)CCOCC. The van der Waals surface area contributed by atoms with Gasteiger partial charge in [0.05, 0.1) is 25.4 Å². The minimum absolute atomic E-state index is 0.0830. The van der Waals surface area contributed by atoms with Crippen LogP contribution in [0, 0.1) is 5.92 Å². The number of hydrogen-bond acceptors (Lipinski definition) is 8. The molecule has 0 radical (unpaired) electrons. The first kappa shape index (κ1) is 29.1. The van der Waals surface area contributed by atoms with Crippen LogP contribution in [0.3, 0.4) is 0 Å². The second kappa shape index (κ2) is 13.0. The van der Waals surface area contributed by atoms with Crippen molar-refractivity contribution in [2.75, 3.05) is 59.0 Å². The van der Waals surface area contributed by atoms with Crippen LogP contribution in [0.25, 0.3) is 0 Å². The highest BCUT2D eigenvalue weighted by molar-refractivity contribution is 7.89. The monoisotopic (exact) mass is 562 g/mol. The lowest BCUT2D eigenvalue weighted by Gasteiger charge is -2.30. The third kappa shape index (κ3) is 6.66. The normalized spacial score (nSPS) is 21.0. The van der Waals surface area contributed by atoms with Crippen LogP contribution < -0.4 is 14.2 Å². The Balaban J connectivity index is 1.64. The molecule has 11 heteroatoms. The van der Waals surface area contributed by atoms with E-state index in [9.17, 15) is 18.3 Å². The van der Waals surface area contributed by atoms with Gasteiger partial charge >= 0.3 is 5.97 Å². The van der Waals surface area contributed by atoms with Crippen molar-refractivity contribution in [1.82, 2.24) is 9.21 Å². The number of rotatable bonds is 14. The van der Waals surface area contributed by atoms with Gasteiger partial charge in [0, 0.05) is 44.7 Å². The third-order valence-electron chi connectivity index (χ3n) is 7.36. The Labute approximate surface area is 230 Å². The van der Waals surface area contributed by atoms with Crippen molar-refractivity contribution >= 4 is 16.0 Å². The summed E-state index contributed by atoms with van der Waals surface area (Å²) in [5.74, 6) is -0.162. The fourth-order valence-corrected chi connectivity index (χ4v) is 6.86. The standard InChI is InChI=1S/C28H38N2O8S/c1-4-12-30(39(33,34)16-15-36-5-2)14-13-29-18-23(21-8-11-24-25(17-21)38-19-37-24)26(28(31)32)27(29)20-6-9-22(35-3)10-7-20/h6-11,17,23,26-27H,4-5,12-16,18-19H2,1-3H3,(H,31,32)/t23?,26-,27+/m0/s1. The molecule has 4 rings (SSSR count). The van der Waals surface area contributed by atoms with Gasteiger partial charge in [0.1, 0.15) is 5.75 Å². The average molecular weight is 563 g/mol. The molecule has 1 unspecified atom stereocenters. The molecule has 0 amide bonds. The maximum absolute atomic E-state index is 13.1. The zero-order valence-corrected chi connectivity index (χ0v) is 23.6. The van der Waals surface area contributed by atoms with Crippen LogP contribution in [-0.2, 0) is 19.6 Å². The number of methoxy groups -OCH3 is 1. The molecule has 0 bridgehead atoms. The predicted molar refractivity (Wildman–Crippen MR) is 146 cm³/mol. The second-order valence-corrected chi connectivity index (χ2v) is 11.8. The molecule has 10 nitrogen and oxygen atoms in total. The lowest BCUT2D eigenvalue weighted by molar-refractivity contribution is -0.143. The van der Waals surface area contributed by atoms with Crippen LogP contribution in [0.5, 0.6) is 17.2 Å². The number of ether oxygens (including phenoxy) is 4. The van der Waals surface area contributed by atoms with E-state index in [1.165, 1.54) is 4.31 Å². The van der Waals surface area contributed by atoms with E-state index in [2.05, 4.69) is 4.90 Å². The summed E-state index contributed by atoms with van der Waals surface area (Å²) >= 11 is 0. The van der Waals surface area contributed by atoms with Gasteiger partial charge in [-0.05, 0) is 48.7 Å². The number of aliphatic carboxylic acids is 1. The number of sulfonamides is 1. The molecule has 2 aliphatic heterocycles. The molecule has 0 spiro atoms. The summed E-state index contributed by atoms with van der Waals surface area (Å²) in [6.07, 6.45) is 0.674. The summed E-state index contributed by atoms with van der Waals surface area (Å²) in [5, 5.41) is 10.5. The van der Waals surface area contributed by atoms with Crippen LogP contribution in [0.4, 0.5) is 0 Å². The van der Waals surface area contributed by atoms with Gasteiger partial charge in [-0.2, -0.15) is 0 Å². The predicted octanol–water partition coefficient (Wildman–Crippen LogP) is 3.34. The van der Waals surface area contributed by atoms with Crippen LogP contribution in [-0.4, -0.2) is 87.7 Å². The quantitative estimate of drug-likeness (QED) is 0.346. The molecule has 1 N–H and O–H groups in total. The minimum Gasteiger partial charge on any atom is -0.497 e. The van der Waals surface area contributed by atoms with Gasteiger partial charge in [0.15, 0.2) is 11.5 Å². The summed E-state index contributed by atoms with van der Waals surface area (Å²) in [4.78, 5) is 14.9. The summed E-state index contributed by atoms with van der Waals surface area (Å²) in [5.41, 5.74) is 1.69. The van der Waals surface area contributed by atoms with Crippen molar-refractivity contribution in [3.05, 3.63) is 53.6 Å². The molecule has 0 aliphatic carbocycles. The summed E-state index contributed by atoms with van der Waals surface area (Å²) < 4.78 is 49.3. The molecule has 1 fully saturated rings. The maximum atomic E-state index is 13.1. The maximum Gasteiger partial charge on any atom is 0.309 e. The number of fused-ring (bicyclic) bond motifs is 1. The Morgan fingerprint density at radius 2 is 1.79 bits per heavy atom. The number of carboxylic acids is 1. The molecule has 0 aromatic heterocycles. The van der Waals surface area contributed by atoms with Gasteiger partial charge in [-0.25, -0.2) is 12.7 Å². The van der Waals surface area contributed by atoms with Gasteiger partial charge in [-0.3, -0.25) is 9.69 Å². The van der Waals surface area contributed by atoms with E-state index in [1.54, 1.807) is 7.11 Å². The molecule has 2 aliphatic rings. The molecule has 39 heavy (non-hydrogen) atoms. The molecular weight excluding hydrogens is 524 g/mol. The largest absolute Gasteiger partial charge is 0.497 e. The van der Waals surface area contributed by atoms with Crippen LogP contribution in [0.15, 0.2) is 42.5 Å². The van der Waals surface area contributed by atoms with E-state index in [1.807, 2.05) is 56.3 Å². The number of carbonyl (C=O) groups is 1. The van der Waals surface area contributed by atoms with E-state index >= 15 is 0 Å². The van der Waals surface area contributed by atoms with Gasteiger partial charge in [0.25, 0.3) is 0 Å². The molecule has 214 valence electrons. The zero-order chi connectivity index (χ0) is 28.0. The minimum atomic E-state index is -3.52. The lowest BCUT2D eigenvalue weighted by Crippen LogP contribution is -2.41. The summed E-state index contributed by atoms with van der Waals surface area (Å²) in [6, 6.07) is 12.5. The topological polar surface area (TPSA) is 115 Å². The zero-order valence-electron chi connectivity index (χ0n) is 22.7. The number of benzene rings is 2. The third-order valence-corrected chi connectivity index (χ3v) is 9.19. The average Bonchev–Trinajstić information content (AvgIpc) is 3.55. The van der Waals surface area contributed by atoms with E-state index in [4.69, 9.17) is 18.9 Å². The van der Waals surface area contributed by atoms with E-state index in [0.717, 1.165) is 11.1 Å². The van der Waals surface area contributed by atoms with Gasteiger partial charge < -0.3 is 24.1 Å². The fraction of sp³-hybridized carbons (Fsp3) is 0.536. The van der Waals surface area contributed by atoms with Gasteiger partial charge in [-0.1, -0.05) is 25.1 Å². The van der Waals surface area contributed by atoms with Crippen LogP contribution >= 0.6 is 0 Å². The number of hydrogen-bond donors (Lipinski definition) is 1. The van der Waals surface area contributed by atoms with E-state index in [-0.39, 0.29) is 31.6 Å². The Hall–Kier alpha value is -2.86. The molecular formula is C28H38N2O8S. The van der Waals surface area contributed by atoms with Crippen molar-refractivity contribution in [2.45, 2.75) is 32.2 Å². The van der Waals surface area contributed by atoms with Crippen molar-refractivity contribution < 1.29 is 37.3 Å². The number of carboxylic acid groups (broad SMARTS) is 1. The second-order valence-electron chi connectivity index (χ2n) is 9.71. The molecule has 2 aromatic carbocycles. The number of likely N-dealkylation sites (tertiary alicyclic amines) is 1. The van der Waals surface area contributed by atoms with Crippen molar-refractivity contribution in [3.63, 3.8) is 0 Å². The molecule has 2 heterocycles. The molecule has 3 atom stereocenters. The highest BCUT2D eigenvalue weighted by atomic mass is 32.2. The first-order chi connectivity index (χ1) is 18.8. The highest BCUT2D eigenvalue weighted by Gasteiger charge is 2.47. The first-order valence-corrected chi connectivity index (χ1v) is 15.0. The lowest BCUT2D eigenvalue weighted by atomic mass is 9.82. The van der Waals surface area contributed by atoms with Crippen molar-refractivity contribution in [3.8, 4) is 17.2 Å². The van der Waals surface area contributed by atoms with Crippen molar-refractivity contribution in [1.29, 1.82) is 0 Å². The summed E-state index contributed by atoms with van der Waals surface area (Å²) in [7, 11) is -1.94. The first-order valence-electron chi connectivity index (χ1n) is 13.3. The van der Waals surface area contributed by atoms with Gasteiger partial charge in [-0.15, -0.1) is 0 Å². The fourth-order valence-electron chi connectivity index (χ4n) is 5.46. The van der Waals surface area contributed by atoms with E-state index in [0.29, 0.717) is 49.9 Å². The Morgan fingerprint density at radius 1 is 1.08 bits per heavy atom. The molecule has 2 aromatic rings. The Morgan fingerprint density at radius 3 is 2.46 bits per heavy atom. The summed E-state index contributed by atoms with van der Waals surface area (Å²) in [6.45, 7) is 6.00. The number of nitrogens with zero attached hydrogens (tertiary/aromatic N) is 2. The highest BCUT2D eigenvalue weighted by Crippen LogP contribution is 2.47. The molecule has 0 saturated carbocycles.